The maximum absolute atomic E-state index is 5.57. The smallest absolute Gasteiger partial charge is 0.122 e. The van der Waals surface area contributed by atoms with Crippen LogP contribution in [0.5, 0.6) is 5.75 Å². The van der Waals surface area contributed by atoms with Crippen molar-refractivity contribution in [3.8, 4) is 5.75 Å². The SMILES string of the molecule is CCCNCC1(Cc2ccccc2OC)CCOCC1. The third kappa shape index (κ3) is 3.97. The molecule has 0 atom stereocenters. The van der Waals surface area contributed by atoms with Gasteiger partial charge in [0.15, 0.2) is 0 Å². The molecule has 1 fully saturated rings. The van der Waals surface area contributed by atoms with E-state index in [2.05, 4.69) is 30.4 Å². The molecule has 0 radical (unpaired) electrons. The molecule has 112 valence electrons. The zero-order valence-corrected chi connectivity index (χ0v) is 12.8. The lowest BCUT2D eigenvalue weighted by molar-refractivity contribution is 0.0148. The molecule has 3 heteroatoms. The summed E-state index contributed by atoms with van der Waals surface area (Å²) in [6.07, 6.45) is 4.50. The van der Waals surface area contributed by atoms with Gasteiger partial charge in [-0.25, -0.2) is 0 Å². The lowest BCUT2D eigenvalue weighted by Gasteiger charge is -2.38. The number of ether oxygens (including phenoxy) is 2. The van der Waals surface area contributed by atoms with Gasteiger partial charge in [-0.15, -0.1) is 0 Å². The summed E-state index contributed by atoms with van der Waals surface area (Å²) in [5.41, 5.74) is 1.62. The van der Waals surface area contributed by atoms with Gasteiger partial charge in [0.25, 0.3) is 0 Å². The molecule has 1 aliphatic heterocycles. The molecule has 1 aliphatic rings. The second-order valence-electron chi connectivity index (χ2n) is 5.78. The molecular formula is C17H27NO2. The van der Waals surface area contributed by atoms with Gasteiger partial charge in [0.1, 0.15) is 5.75 Å². The van der Waals surface area contributed by atoms with Crippen molar-refractivity contribution < 1.29 is 9.47 Å². The first-order valence-corrected chi connectivity index (χ1v) is 7.70. The van der Waals surface area contributed by atoms with Crippen LogP contribution in [0, 0.1) is 5.41 Å². The Bertz CT molecular complexity index is 400. The van der Waals surface area contributed by atoms with Gasteiger partial charge in [-0.2, -0.15) is 0 Å². The van der Waals surface area contributed by atoms with Crippen LogP contribution in [0.2, 0.25) is 0 Å². The summed E-state index contributed by atoms with van der Waals surface area (Å²) < 4.78 is 11.1. The Morgan fingerprint density at radius 1 is 1.25 bits per heavy atom. The monoisotopic (exact) mass is 277 g/mol. The van der Waals surface area contributed by atoms with Gasteiger partial charge in [-0.3, -0.25) is 0 Å². The highest BCUT2D eigenvalue weighted by molar-refractivity contribution is 5.34. The predicted octanol–water partition coefficient (Wildman–Crippen LogP) is 3.03. The first kappa shape index (κ1) is 15.3. The zero-order valence-electron chi connectivity index (χ0n) is 12.8. The number of hydrogen-bond acceptors (Lipinski definition) is 3. The molecule has 1 heterocycles. The molecule has 0 aromatic heterocycles. The Balaban J connectivity index is 2.10. The normalized spacial score (nSPS) is 17.9. The summed E-state index contributed by atoms with van der Waals surface area (Å²) in [4.78, 5) is 0. The van der Waals surface area contributed by atoms with E-state index in [-0.39, 0.29) is 0 Å². The summed E-state index contributed by atoms with van der Waals surface area (Å²) in [6, 6.07) is 8.39. The predicted molar refractivity (Wildman–Crippen MR) is 82.3 cm³/mol. The Labute approximate surface area is 122 Å². The average Bonchev–Trinajstić information content (AvgIpc) is 2.49. The van der Waals surface area contributed by atoms with Gasteiger partial charge in [0, 0.05) is 19.8 Å². The van der Waals surface area contributed by atoms with Crippen LogP contribution in [0.25, 0.3) is 0 Å². The topological polar surface area (TPSA) is 30.5 Å². The molecule has 1 aromatic rings. The Morgan fingerprint density at radius 3 is 2.70 bits per heavy atom. The second kappa shape index (κ2) is 7.65. The molecule has 3 nitrogen and oxygen atoms in total. The minimum Gasteiger partial charge on any atom is -0.496 e. The van der Waals surface area contributed by atoms with E-state index in [4.69, 9.17) is 9.47 Å². The van der Waals surface area contributed by atoms with E-state index < -0.39 is 0 Å². The standard InChI is InChI=1S/C17H27NO2/c1-3-10-18-14-17(8-11-20-12-9-17)13-15-6-4-5-7-16(15)19-2/h4-7,18H,3,8-14H2,1-2H3. The molecule has 0 amide bonds. The van der Waals surface area contributed by atoms with Crippen molar-refractivity contribution in [2.45, 2.75) is 32.6 Å². The number of nitrogens with one attached hydrogen (secondary N) is 1. The Hall–Kier alpha value is -1.06. The second-order valence-corrected chi connectivity index (χ2v) is 5.78. The minimum absolute atomic E-state index is 0.308. The summed E-state index contributed by atoms with van der Waals surface area (Å²) in [5, 5.41) is 3.61. The first-order chi connectivity index (χ1) is 9.79. The molecular weight excluding hydrogens is 250 g/mol. The lowest BCUT2D eigenvalue weighted by atomic mass is 9.75. The number of rotatable bonds is 7. The zero-order chi connectivity index (χ0) is 14.3. The molecule has 1 aromatic carbocycles. The van der Waals surface area contributed by atoms with Crippen molar-refractivity contribution in [2.24, 2.45) is 5.41 Å². The van der Waals surface area contributed by atoms with Crippen LogP contribution in [0.1, 0.15) is 31.7 Å². The molecule has 1 saturated heterocycles. The molecule has 0 unspecified atom stereocenters. The molecule has 0 saturated carbocycles. The number of methoxy groups -OCH3 is 1. The maximum atomic E-state index is 5.57. The molecule has 20 heavy (non-hydrogen) atoms. The van der Waals surface area contributed by atoms with E-state index >= 15 is 0 Å². The van der Waals surface area contributed by atoms with Crippen molar-refractivity contribution in [1.29, 1.82) is 0 Å². The van der Waals surface area contributed by atoms with E-state index in [1.807, 2.05) is 6.07 Å². The fourth-order valence-electron chi connectivity index (χ4n) is 3.00. The number of para-hydroxylation sites is 1. The third-order valence-electron chi connectivity index (χ3n) is 4.24. The first-order valence-electron chi connectivity index (χ1n) is 7.70. The fourth-order valence-corrected chi connectivity index (χ4v) is 3.00. The van der Waals surface area contributed by atoms with Gasteiger partial charge in [-0.05, 0) is 49.3 Å². The highest BCUT2D eigenvalue weighted by Gasteiger charge is 2.33. The lowest BCUT2D eigenvalue weighted by Crippen LogP contribution is -2.41. The van der Waals surface area contributed by atoms with Crippen LogP contribution in [0.3, 0.4) is 0 Å². The average molecular weight is 277 g/mol. The van der Waals surface area contributed by atoms with Crippen LogP contribution in [0.15, 0.2) is 24.3 Å². The van der Waals surface area contributed by atoms with Crippen LogP contribution < -0.4 is 10.1 Å². The number of hydrogen-bond donors (Lipinski definition) is 1. The Morgan fingerprint density at radius 2 is 2.00 bits per heavy atom. The third-order valence-corrected chi connectivity index (χ3v) is 4.24. The van der Waals surface area contributed by atoms with Gasteiger partial charge in [-0.1, -0.05) is 25.1 Å². The summed E-state index contributed by atoms with van der Waals surface area (Å²) in [6.45, 7) is 6.13. The van der Waals surface area contributed by atoms with Gasteiger partial charge in [0.05, 0.1) is 7.11 Å². The van der Waals surface area contributed by atoms with Crippen LogP contribution in [-0.2, 0) is 11.2 Å². The largest absolute Gasteiger partial charge is 0.496 e. The molecule has 1 N–H and O–H groups in total. The van der Waals surface area contributed by atoms with Crippen molar-refractivity contribution >= 4 is 0 Å². The van der Waals surface area contributed by atoms with Crippen LogP contribution >= 0.6 is 0 Å². The molecule has 0 bridgehead atoms. The summed E-state index contributed by atoms with van der Waals surface area (Å²) >= 11 is 0. The quantitative estimate of drug-likeness (QED) is 0.777. The van der Waals surface area contributed by atoms with Gasteiger partial charge >= 0.3 is 0 Å². The maximum Gasteiger partial charge on any atom is 0.122 e. The minimum atomic E-state index is 0.308. The van der Waals surface area contributed by atoms with E-state index in [0.717, 1.165) is 51.3 Å². The summed E-state index contributed by atoms with van der Waals surface area (Å²) in [7, 11) is 1.75. The van der Waals surface area contributed by atoms with E-state index in [1.165, 1.54) is 12.0 Å². The van der Waals surface area contributed by atoms with Crippen molar-refractivity contribution in [3.63, 3.8) is 0 Å². The van der Waals surface area contributed by atoms with E-state index in [9.17, 15) is 0 Å². The van der Waals surface area contributed by atoms with Gasteiger partial charge < -0.3 is 14.8 Å². The highest BCUT2D eigenvalue weighted by Crippen LogP contribution is 2.36. The molecule has 0 aliphatic carbocycles. The van der Waals surface area contributed by atoms with E-state index in [0.29, 0.717) is 5.41 Å². The summed E-state index contributed by atoms with van der Waals surface area (Å²) in [5.74, 6) is 1.01. The van der Waals surface area contributed by atoms with Crippen molar-refractivity contribution in [3.05, 3.63) is 29.8 Å². The Kier molecular flexibility index (Phi) is 5.86. The van der Waals surface area contributed by atoms with Crippen LogP contribution in [-0.4, -0.2) is 33.4 Å². The molecule has 0 spiro atoms. The van der Waals surface area contributed by atoms with Crippen LogP contribution in [0.4, 0.5) is 0 Å². The van der Waals surface area contributed by atoms with Crippen molar-refractivity contribution in [2.75, 3.05) is 33.4 Å². The van der Waals surface area contributed by atoms with E-state index in [1.54, 1.807) is 7.11 Å². The molecule has 2 rings (SSSR count). The van der Waals surface area contributed by atoms with Gasteiger partial charge in [0.2, 0.25) is 0 Å². The highest BCUT2D eigenvalue weighted by atomic mass is 16.5. The number of benzene rings is 1. The van der Waals surface area contributed by atoms with Crippen molar-refractivity contribution in [1.82, 2.24) is 5.32 Å². The fraction of sp³-hybridized carbons (Fsp3) is 0.647.